The van der Waals surface area contributed by atoms with Gasteiger partial charge in [0.25, 0.3) is 11.8 Å². The van der Waals surface area contributed by atoms with Gasteiger partial charge in [-0.3, -0.25) is 14.4 Å². The van der Waals surface area contributed by atoms with Crippen molar-refractivity contribution >= 4 is 56.9 Å². The molecule has 3 aromatic carbocycles. The van der Waals surface area contributed by atoms with Crippen molar-refractivity contribution in [3.05, 3.63) is 115 Å². The molecule has 2 amide bonds. The summed E-state index contributed by atoms with van der Waals surface area (Å²) in [4.78, 5) is 45.4. The first-order valence-corrected chi connectivity index (χ1v) is 12.6. The summed E-state index contributed by atoms with van der Waals surface area (Å²) in [6.07, 6.45) is 3.45. The molecule has 36 heavy (non-hydrogen) atoms. The van der Waals surface area contributed by atoms with Crippen molar-refractivity contribution in [2.45, 2.75) is 19.4 Å². The first-order chi connectivity index (χ1) is 17.3. The number of fused-ring (bicyclic) bond motifs is 3. The van der Waals surface area contributed by atoms with Crippen LogP contribution in [-0.4, -0.2) is 23.3 Å². The Bertz CT molecular complexity index is 1670. The SMILES string of the molecule is Cc1cccc(C)c1N1C(=O)C2(C=CCN2C(=O)c2cccc(I)c2)c2c1oc1ccccc1c2=O. The van der Waals surface area contributed by atoms with Crippen LogP contribution in [0.5, 0.6) is 0 Å². The van der Waals surface area contributed by atoms with Gasteiger partial charge >= 0.3 is 0 Å². The molecule has 178 valence electrons. The van der Waals surface area contributed by atoms with E-state index in [1.807, 2.05) is 38.1 Å². The van der Waals surface area contributed by atoms with Gasteiger partial charge in [-0.05, 0) is 84.0 Å². The molecule has 0 fully saturated rings. The van der Waals surface area contributed by atoms with Gasteiger partial charge in [0.05, 0.1) is 11.1 Å². The Hall–Kier alpha value is -3.72. The number of rotatable bonds is 2. The van der Waals surface area contributed by atoms with E-state index in [2.05, 4.69) is 22.6 Å². The molecule has 7 heteroatoms. The van der Waals surface area contributed by atoms with Crippen LogP contribution in [0.4, 0.5) is 11.6 Å². The molecule has 3 heterocycles. The van der Waals surface area contributed by atoms with Gasteiger partial charge in [-0.25, -0.2) is 4.90 Å². The highest BCUT2D eigenvalue weighted by Gasteiger charge is 2.60. The van der Waals surface area contributed by atoms with E-state index >= 15 is 0 Å². The number of benzene rings is 3. The minimum atomic E-state index is -1.60. The fourth-order valence-electron chi connectivity index (χ4n) is 5.34. The summed E-state index contributed by atoms with van der Waals surface area (Å²) < 4.78 is 7.21. The second kappa shape index (κ2) is 8.16. The third kappa shape index (κ3) is 3.05. The molecule has 2 aliphatic rings. The van der Waals surface area contributed by atoms with Crippen molar-refractivity contribution in [2.75, 3.05) is 11.4 Å². The standard InChI is InChI=1S/C29H21IN2O4/c1-17-8-5-9-18(2)24(17)32-27-23(25(33)21-12-3-4-13-22(21)36-27)29(28(32)35)14-7-15-31(29)26(34)19-10-6-11-20(30)16-19/h3-14,16H,15H2,1-2H3. The number of aryl methyl sites for hydroxylation is 2. The van der Waals surface area contributed by atoms with Crippen molar-refractivity contribution < 1.29 is 14.0 Å². The molecule has 1 aromatic heterocycles. The predicted molar refractivity (Wildman–Crippen MR) is 147 cm³/mol. The van der Waals surface area contributed by atoms with Gasteiger partial charge in [0.1, 0.15) is 11.1 Å². The van der Waals surface area contributed by atoms with Crippen LogP contribution < -0.4 is 10.3 Å². The Morgan fingerprint density at radius 2 is 1.69 bits per heavy atom. The van der Waals surface area contributed by atoms with Gasteiger partial charge in [-0.1, -0.05) is 42.5 Å². The van der Waals surface area contributed by atoms with Crippen molar-refractivity contribution in [1.82, 2.24) is 4.90 Å². The van der Waals surface area contributed by atoms with E-state index in [1.54, 1.807) is 54.6 Å². The summed E-state index contributed by atoms with van der Waals surface area (Å²) in [6, 6.07) is 19.9. The molecule has 0 N–H and O–H groups in total. The van der Waals surface area contributed by atoms with Crippen LogP contribution in [0.2, 0.25) is 0 Å². The molecule has 1 unspecified atom stereocenters. The Morgan fingerprint density at radius 1 is 0.972 bits per heavy atom. The zero-order valence-electron chi connectivity index (χ0n) is 19.6. The average Bonchev–Trinajstić information content (AvgIpc) is 3.40. The van der Waals surface area contributed by atoms with Gasteiger partial charge in [0.15, 0.2) is 5.54 Å². The molecule has 0 saturated heterocycles. The maximum atomic E-state index is 14.5. The van der Waals surface area contributed by atoms with Crippen molar-refractivity contribution in [3.8, 4) is 0 Å². The number of carbonyl (C=O) groups is 2. The third-order valence-electron chi connectivity index (χ3n) is 6.95. The molecule has 6 rings (SSSR count). The number of hydrogen-bond acceptors (Lipinski definition) is 4. The van der Waals surface area contributed by atoms with Crippen molar-refractivity contribution in [1.29, 1.82) is 0 Å². The quantitative estimate of drug-likeness (QED) is 0.226. The van der Waals surface area contributed by atoms with Crippen LogP contribution in [-0.2, 0) is 10.3 Å². The zero-order valence-corrected chi connectivity index (χ0v) is 21.8. The van der Waals surface area contributed by atoms with Gasteiger partial charge in [0.2, 0.25) is 11.3 Å². The van der Waals surface area contributed by atoms with Crippen LogP contribution in [0.1, 0.15) is 27.0 Å². The minimum absolute atomic E-state index is 0.160. The molecule has 1 spiro atoms. The fourth-order valence-corrected chi connectivity index (χ4v) is 5.89. The predicted octanol–water partition coefficient (Wildman–Crippen LogP) is 5.60. The Labute approximate surface area is 221 Å². The maximum Gasteiger partial charge on any atom is 0.269 e. The molecule has 0 radical (unpaired) electrons. The molecular formula is C29H21IN2O4. The third-order valence-corrected chi connectivity index (χ3v) is 7.62. The molecule has 4 aromatic rings. The smallest absolute Gasteiger partial charge is 0.269 e. The number of carbonyl (C=O) groups excluding carboxylic acids is 2. The minimum Gasteiger partial charge on any atom is -0.439 e. The van der Waals surface area contributed by atoms with E-state index in [4.69, 9.17) is 4.42 Å². The van der Waals surface area contributed by atoms with Crippen LogP contribution in [0, 0.1) is 17.4 Å². The van der Waals surface area contributed by atoms with E-state index in [0.717, 1.165) is 14.7 Å². The molecule has 2 aliphatic heterocycles. The number of hydrogen-bond donors (Lipinski definition) is 0. The van der Waals surface area contributed by atoms with Gasteiger partial charge < -0.3 is 9.32 Å². The number of halogens is 1. The maximum absolute atomic E-state index is 14.5. The molecule has 0 bridgehead atoms. The van der Waals surface area contributed by atoms with E-state index < -0.39 is 11.4 Å². The topological polar surface area (TPSA) is 70.8 Å². The lowest BCUT2D eigenvalue weighted by Crippen LogP contribution is -2.52. The van der Waals surface area contributed by atoms with E-state index in [9.17, 15) is 14.4 Å². The van der Waals surface area contributed by atoms with E-state index in [1.165, 1.54) is 9.80 Å². The fraction of sp³-hybridized carbons (Fsp3) is 0.138. The lowest BCUT2D eigenvalue weighted by atomic mass is 9.90. The van der Waals surface area contributed by atoms with Crippen molar-refractivity contribution in [2.24, 2.45) is 0 Å². The summed E-state index contributed by atoms with van der Waals surface area (Å²) in [7, 11) is 0. The number of nitrogens with zero attached hydrogens (tertiary/aromatic N) is 2. The van der Waals surface area contributed by atoms with Crippen LogP contribution >= 0.6 is 22.6 Å². The summed E-state index contributed by atoms with van der Waals surface area (Å²) in [5, 5.41) is 0.369. The number of para-hydroxylation sites is 2. The zero-order chi connectivity index (χ0) is 25.2. The molecule has 1 atom stereocenters. The first-order valence-electron chi connectivity index (χ1n) is 11.6. The normalized spacial score (nSPS) is 18.5. The second-order valence-electron chi connectivity index (χ2n) is 9.08. The summed E-state index contributed by atoms with van der Waals surface area (Å²) in [5.74, 6) is -0.569. The monoisotopic (exact) mass is 588 g/mol. The molecule has 6 nitrogen and oxygen atoms in total. The Morgan fingerprint density at radius 3 is 2.44 bits per heavy atom. The molecule has 0 saturated carbocycles. The molecule has 0 aliphatic carbocycles. The lowest BCUT2D eigenvalue weighted by molar-refractivity contribution is -0.124. The highest BCUT2D eigenvalue weighted by molar-refractivity contribution is 14.1. The Kier molecular flexibility index (Phi) is 5.15. The van der Waals surface area contributed by atoms with Crippen LogP contribution in [0.3, 0.4) is 0 Å². The van der Waals surface area contributed by atoms with Crippen LogP contribution in [0.25, 0.3) is 11.0 Å². The van der Waals surface area contributed by atoms with E-state index in [0.29, 0.717) is 22.2 Å². The van der Waals surface area contributed by atoms with Gasteiger partial charge in [0, 0.05) is 15.7 Å². The highest BCUT2D eigenvalue weighted by atomic mass is 127. The number of anilines is 2. The first kappa shape index (κ1) is 22.7. The highest BCUT2D eigenvalue weighted by Crippen LogP contribution is 2.51. The Balaban J connectivity index is 1.66. The van der Waals surface area contributed by atoms with Crippen LogP contribution in [0.15, 0.2) is 88.1 Å². The second-order valence-corrected chi connectivity index (χ2v) is 10.3. The lowest BCUT2D eigenvalue weighted by Gasteiger charge is -2.33. The van der Waals surface area contributed by atoms with Crippen molar-refractivity contribution in [3.63, 3.8) is 0 Å². The summed E-state index contributed by atoms with van der Waals surface area (Å²) >= 11 is 2.15. The number of amides is 2. The molecular weight excluding hydrogens is 567 g/mol. The largest absolute Gasteiger partial charge is 0.439 e. The average molecular weight is 588 g/mol. The van der Waals surface area contributed by atoms with E-state index in [-0.39, 0.29) is 29.3 Å². The van der Waals surface area contributed by atoms with Gasteiger partial charge in [-0.2, -0.15) is 0 Å². The van der Waals surface area contributed by atoms with Gasteiger partial charge in [-0.15, -0.1) is 0 Å². The summed E-state index contributed by atoms with van der Waals surface area (Å²) in [6.45, 7) is 4.03. The summed E-state index contributed by atoms with van der Waals surface area (Å²) in [5.41, 5.74) is 1.46.